The minimum absolute atomic E-state index is 0.00813. The van der Waals surface area contributed by atoms with Crippen LogP contribution < -0.4 is 21.4 Å². The summed E-state index contributed by atoms with van der Waals surface area (Å²) in [5.41, 5.74) is 8.27. The number of carbonyl (C=O) groups is 2. The molecule has 0 saturated carbocycles. The average molecular weight is 489 g/mol. The number of hydrogen-bond acceptors (Lipinski definition) is 8. The number of nitrogens with zero attached hydrogens (tertiary/aromatic N) is 4. The van der Waals surface area contributed by atoms with Crippen molar-refractivity contribution in [3.05, 3.63) is 54.0 Å². The molecule has 0 aliphatic carbocycles. The fraction of sp³-hybridized carbons (Fsp3) is 0.273. The highest BCUT2D eigenvalue weighted by Gasteiger charge is 2.45. The van der Waals surface area contributed by atoms with Crippen LogP contribution in [0.3, 0.4) is 0 Å². The number of pyridine rings is 1. The van der Waals surface area contributed by atoms with Gasteiger partial charge in [0, 0.05) is 47.7 Å². The highest BCUT2D eigenvalue weighted by atomic mass is 19.4. The molecule has 0 fully saturated rings. The molecule has 3 heterocycles. The molecule has 13 heteroatoms. The van der Waals surface area contributed by atoms with E-state index in [1.54, 1.807) is 44.0 Å². The van der Waals surface area contributed by atoms with Gasteiger partial charge in [-0.15, -0.1) is 0 Å². The highest BCUT2D eigenvalue weighted by Crippen LogP contribution is 2.44. The van der Waals surface area contributed by atoms with Gasteiger partial charge in [-0.05, 0) is 38.1 Å². The smallest absolute Gasteiger partial charge is 0.383 e. The van der Waals surface area contributed by atoms with E-state index >= 15 is 0 Å². The van der Waals surface area contributed by atoms with E-state index in [1.807, 2.05) is 0 Å². The lowest BCUT2D eigenvalue weighted by Gasteiger charge is -2.26. The summed E-state index contributed by atoms with van der Waals surface area (Å²) in [6, 6.07) is 5.75. The number of fused-ring (bicyclic) bond motifs is 1. The lowest BCUT2D eigenvalue weighted by molar-refractivity contribution is -0.201. The first-order chi connectivity index (χ1) is 16.4. The highest BCUT2D eigenvalue weighted by molar-refractivity contribution is 5.97. The van der Waals surface area contributed by atoms with Crippen LogP contribution in [0.5, 0.6) is 0 Å². The Labute approximate surface area is 197 Å². The average Bonchev–Trinajstić information content (AvgIpc) is 3.36. The van der Waals surface area contributed by atoms with Gasteiger partial charge in [0.05, 0.1) is 11.9 Å². The van der Waals surface area contributed by atoms with Gasteiger partial charge in [0.1, 0.15) is 11.5 Å². The molecule has 2 aromatic heterocycles. The normalized spacial score (nSPS) is 15.1. The van der Waals surface area contributed by atoms with Crippen molar-refractivity contribution in [2.75, 3.05) is 16.1 Å². The van der Waals surface area contributed by atoms with Gasteiger partial charge in [-0.25, -0.2) is 9.78 Å². The predicted molar refractivity (Wildman–Crippen MR) is 121 cm³/mol. The molecule has 1 aliphatic rings. The number of nitrogen functional groups attached to an aromatic ring is 1. The number of aromatic nitrogens is 3. The van der Waals surface area contributed by atoms with Gasteiger partial charge in [0.15, 0.2) is 6.17 Å². The summed E-state index contributed by atoms with van der Waals surface area (Å²) in [6.45, 7) is 3.59. The SMILES string of the molecule is CC(C)NC(=O)c1ccc2c(c1)NC(c1cc(-c3cnn(C)c3)cnc1N)N2OC(=O)C(F)(F)F. The lowest BCUT2D eigenvalue weighted by Crippen LogP contribution is -2.37. The summed E-state index contributed by atoms with van der Waals surface area (Å²) in [6.07, 6.45) is -1.56. The molecule has 1 amide bonds. The summed E-state index contributed by atoms with van der Waals surface area (Å²) < 4.78 is 40.7. The topological polar surface area (TPSA) is 127 Å². The van der Waals surface area contributed by atoms with Crippen molar-refractivity contribution in [1.29, 1.82) is 0 Å². The van der Waals surface area contributed by atoms with Crippen molar-refractivity contribution in [3.63, 3.8) is 0 Å². The molecular formula is C22H22F3N7O3. The maximum Gasteiger partial charge on any atom is 0.493 e. The maximum absolute atomic E-state index is 13.0. The molecule has 4 rings (SSSR count). The second-order valence-electron chi connectivity index (χ2n) is 8.21. The summed E-state index contributed by atoms with van der Waals surface area (Å²) in [7, 11) is 1.73. The minimum atomic E-state index is -5.23. The first-order valence-corrected chi connectivity index (χ1v) is 10.5. The van der Waals surface area contributed by atoms with Crippen LogP contribution in [0, 0.1) is 0 Å². The number of rotatable bonds is 5. The third kappa shape index (κ3) is 4.83. The molecule has 1 atom stereocenters. The molecule has 1 aromatic carbocycles. The van der Waals surface area contributed by atoms with Gasteiger partial charge >= 0.3 is 12.1 Å². The van der Waals surface area contributed by atoms with Crippen LogP contribution >= 0.6 is 0 Å². The maximum atomic E-state index is 13.0. The molecule has 0 spiro atoms. The fourth-order valence-electron chi connectivity index (χ4n) is 3.56. The first kappa shape index (κ1) is 23.9. The molecule has 1 unspecified atom stereocenters. The molecule has 184 valence electrons. The molecule has 35 heavy (non-hydrogen) atoms. The van der Waals surface area contributed by atoms with E-state index in [2.05, 4.69) is 20.7 Å². The van der Waals surface area contributed by atoms with Crippen molar-refractivity contribution < 1.29 is 27.6 Å². The number of nitrogens with one attached hydrogen (secondary N) is 2. The number of amides is 1. The number of nitrogens with two attached hydrogens (primary N) is 1. The van der Waals surface area contributed by atoms with Crippen LogP contribution in [-0.2, 0) is 16.7 Å². The number of hydrogen-bond donors (Lipinski definition) is 3. The van der Waals surface area contributed by atoms with Crippen molar-refractivity contribution in [2.24, 2.45) is 7.05 Å². The number of hydroxylamine groups is 1. The largest absolute Gasteiger partial charge is 0.493 e. The number of anilines is 3. The lowest BCUT2D eigenvalue weighted by atomic mass is 10.1. The Kier molecular flexibility index (Phi) is 6.01. The van der Waals surface area contributed by atoms with Crippen molar-refractivity contribution in [1.82, 2.24) is 20.1 Å². The van der Waals surface area contributed by atoms with Gasteiger partial charge in [0.2, 0.25) is 0 Å². The van der Waals surface area contributed by atoms with E-state index < -0.39 is 18.3 Å². The predicted octanol–water partition coefficient (Wildman–Crippen LogP) is 3.15. The van der Waals surface area contributed by atoms with Gasteiger partial charge in [0.25, 0.3) is 5.91 Å². The van der Waals surface area contributed by atoms with Crippen LogP contribution in [0.2, 0.25) is 0 Å². The summed E-state index contributed by atoms with van der Waals surface area (Å²) in [5.74, 6) is -2.77. The van der Waals surface area contributed by atoms with Gasteiger partial charge in [-0.2, -0.15) is 23.3 Å². The van der Waals surface area contributed by atoms with E-state index in [0.717, 1.165) is 5.06 Å². The second kappa shape index (κ2) is 8.81. The summed E-state index contributed by atoms with van der Waals surface area (Å²) in [5, 5.41) is 10.6. The van der Waals surface area contributed by atoms with Gasteiger partial charge < -0.3 is 21.2 Å². The van der Waals surface area contributed by atoms with Crippen LogP contribution in [0.25, 0.3) is 11.1 Å². The van der Waals surface area contributed by atoms with Crippen molar-refractivity contribution in [2.45, 2.75) is 32.2 Å². The Bertz CT molecular complexity index is 1290. The number of halogens is 3. The third-order valence-corrected chi connectivity index (χ3v) is 5.14. The quantitative estimate of drug-likeness (QED) is 0.499. The Morgan fingerprint density at radius 1 is 1.20 bits per heavy atom. The Morgan fingerprint density at radius 3 is 2.57 bits per heavy atom. The van der Waals surface area contributed by atoms with E-state index in [4.69, 9.17) is 10.6 Å². The first-order valence-electron chi connectivity index (χ1n) is 10.5. The van der Waals surface area contributed by atoms with E-state index in [9.17, 15) is 22.8 Å². The van der Waals surface area contributed by atoms with E-state index in [1.165, 1.54) is 24.4 Å². The third-order valence-electron chi connectivity index (χ3n) is 5.14. The zero-order valence-corrected chi connectivity index (χ0v) is 18.9. The van der Waals surface area contributed by atoms with Crippen LogP contribution in [-0.4, -0.2) is 38.9 Å². The summed E-state index contributed by atoms with van der Waals surface area (Å²) in [4.78, 5) is 33.1. The second-order valence-corrected chi connectivity index (χ2v) is 8.21. The fourth-order valence-corrected chi connectivity index (χ4v) is 3.56. The molecule has 10 nitrogen and oxygen atoms in total. The van der Waals surface area contributed by atoms with Crippen LogP contribution in [0.15, 0.2) is 42.9 Å². The molecular weight excluding hydrogens is 467 g/mol. The zero-order valence-electron chi connectivity index (χ0n) is 18.9. The molecule has 4 N–H and O–H groups in total. The van der Waals surface area contributed by atoms with E-state index in [-0.39, 0.29) is 40.3 Å². The number of alkyl halides is 3. The van der Waals surface area contributed by atoms with Crippen LogP contribution in [0.4, 0.5) is 30.4 Å². The van der Waals surface area contributed by atoms with E-state index in [0.29, 0.717) is 11.1 Å². The molecule has 0 saturated heterocycles. The van der Waals surface area contributed by atoms with Crippen LogP contribution in [0.1, 0.15) is 35.9 Å². The Balaban J connectivity index is 1.76. The monoisotopic (exact) mass is 489 g/mol. The van der Waals surface area contributed by atoms with Gasteiger partial charge in [-0.3, -0.25) is 9.48 Å². The minimum Gasteiger partial charge on any atom is -0.383 e. The van der Waals surface area contributed by atoms with Crippen molar-refractivity contribution in [3.8, 4) is 11.1 Å². The zero-order chi connectivity index (χ0) is 25.5. The molecule has 1 aliphatic heterocycles. The molecule has 0 radical (unpaired) electrons. The Morgan fingerprint density at radius 2 is 1.94 bits per heavy atom. The number of carbonyl (C=O) groups excluding carboxylic acids is 2. The van der Waals surface area contributed by atoms with Crippen molar-refractivity contribution >= 4 is 29.1 Å². The van der Waals surface area contributed by atoms with Gasteiger partial charge in [-0.1, -0.05) is 0 Å². The summed E-state index contributed by atoms with van der Waals surface area (Å²) >= 11 is 0. The number of aryl methyl sites for hydroxylation is 1. The number of benzene rings is 1. The Hall–Kier alpha value is -4.29. The molecule has 3 aromatic rings. The standard InChI is InChI=1S/C22H22F3N7O3/c1-11(2)29-20(33)12-4-5-17-16(7-12)30-19(32(17)35-21(34)22(23,24)25)15-6-13(8-27-18(15)26)14-9-28-31(3)10-14/h4-11,19,30H,1-3H3,(H2,26,27)(H,29,33). The molecule has 0 bridgehead atoms.